The van der Waals surface area contributed by atoms with Crippen LogP contribution >= 0.6 is 0 Å². The maximum Gasteiger partial charge on any atom is 0.0397 e. The summed E-state index contributed by atoms with van der Waals surface area (Å²) in [7, 11) is 2.15. The van der Waals surface area contributed by atoms with Crippen LogP contribution in [0.1, 0.15) is 17.5 Å². The van der Waals surface area contributed by atoms with Crippen LogP contribution in [0.4, 0.5) is 5.69 Å². The Hall–Kier alpha value is -1.46. The fourth-order valence-electron chi connectivity index (χ4n) is 2.12. The fraction of sp³-hybridized carbons (Fsp3) is 0.429. The number of anilines is 1. The lowest BCUT2D eigenvalue weighted by Gasteiger charge is -2.12. The second kappa shape index (κ2) is 5.05. The van der Waals surface area contributed by atoms with Crippen molar-refractivity contribution in [1.82, 2.24) is 5.32 Å². The number of hydrogen-bond acceptors (Lipinski definition) is 2. The van der Waals surface area contributed by atoms with Gasteiger partial charge in [-0.15, -0.1) is 12.3 Å². The van der Waals surface area contributed by atoms with E-state index in [2.05, 4.69) is 41.4 Å². The van der Waals surface area contributed by atoms with Crippen molar-refractivity contribution in [1.29, 1.82) is 0 Å². The highest BCUT2D eigenvalue weighted by atomic mass is 15.1. The molecule has 0 aliphatic carbocycles. The molecule has 0 fully saturated rings. The third kappa shape index (κ3) is 2.37. The molecular formula is C14H18N2. The lowest BCUT2D eigenvalue weighted by Crippen LogP contribution is -2.14. The van der Waals surface area contributed by atoms with Crippen molar-refractivity contribution in [2.45, 2.75) is 19.4 Å². The summed E-state index contributed by atoms with van der Waals surface area (Å²) < 4.78 is 0. The van der Waals surface area contributed by atoms with Crippen molar-refractivity contribution in [3.8, 4) is 12.3 Å². The number of rotatable bonds is 4. The lowest BCUT2D eigenvalue weighted by molar-refractivity contribution is 0.701. The highest BCUT2D eigenvalue weighted by molar-refractivity contribution is 5.58. The maximum absolute atomic E-state index is 5.20. The Morgan fingerprint density at radius 2 is 2.38 bits per heavy atom. The van der Waals surface area contributed by atoms with E-state index in [0.717, 1.165) is 26.1 Å². The van der Waals surface area contributed by atoms with Gasteiger partial charge in [-0.05, 0) is 23.6 Å². The van der Waals surface area contributed by atoms with Crippen LogP contribution in [0.25, 0.3) is 0 Å². The Kier molecular flexibility index (Phi) is 3.48. The summed E-state index contributed by atoms with van der Waals surface area (Å²) in [6.45, 7) is 2.95. The van der Waals surface area contributed by atoms with Crippen molar-refractivity contribution in [2.24, 2.45) is 0 Å². The predicted molar refractivity (Wildman–Crippen MR) is 68.6 cm³/mol. The first-order valence-corrected chi connectivity index (χ1v) is 5.78. The Labute approximate surface area is 97.7 Å². The van der Waals surface area contributed by atoms with Gasteiger partial charge in [-0.3, -0.25) is 0 Å². The molecule has 0 unspecified atom stereocenters. The normalized spacial score (nSPS) is 13.6. The highest BCUT2D eigenvalue weighted by Crippen LogP contribution is 2.27. The van der Waals surface area contributed by atoms with E-state index < -0.39 is 0 Å². The van der Waals surface area contributed by atoms with E-state index >= 15 is 0 Å². The number of terminal acetylenes is 1. The Morgan fingerprint density at radius 1 is 1.50 bits per heavy atom. The topological polar surface area (TPSA) is 15.3 Å². The molecule has 1 aromatic carbocycles. The standard InChI is InChI=1S/C14H18N2/c1-3-4-8-15-11-12-5-6-14-13(10-12)7-9-16(14)2/h1,5-6,10,15H,4,7-9,11H2,2H3. The van der Waals surface area contributed by atoms with Crippen molar-refractivity contribution in [3.63, 3.8) is 0 Å². The summed E-state index contributed by atoms with van der Waals surface area (Å²) in [6, 6.07) is 6.73. The molecule has 84 valence electrons. The zero-order chi connectivity index (χ0) is 11.4. The molecule has 1 heterocycles. The molecule has 0 bridgehead atoms. The van der Waals surface area contributed by atoms with Crippen LogP contribution in [0.2, 0.25) is 0 Å². The number of hydrogen-bond donors (Lipinski definition) is 1. The minimum Gasteiger partial charge on any atom is -0.374 e. The van der Waals surface area contributed by atoms with Gasteiger partial charge in [0.15, 0.2) is 0 Å². The first-order valence-electron chi connectivity index (χ1n) is 5.78. The third-order valence-corrected chi connectivity index (χ3v) is 3.05. The number of nitrogens with one attached hydrogen (secondary N) is 1. The molecule has 0 aromatic heterocycles. The van der Waals surface area contributed by atoms with Crippen LogP contribution in [0.3, 0.4) is 0 Å². The molecule has 1 aliphatic rings. The average Bonchev–Trinajstić information content (AvgIpc) is 2.66. The summed E-state index contributed by atoms with van der Waals surface area (Å²) in [5, 5.41) is 3.35. The minimum absolute atomic E-state index is 0.799. The van der Waals surface area contributed by atoms with Crippen LogP contribution in [0.15, 0.2) is 18.2 Å². The summed E-state index contributed by atoms with van der Waals surface area (Å²) in [5.41, 5.74) is 4.21. The van der Waals surface area contributed by atoms with Crippen molar-refractivity contribution >= 4 is 5.69 Å². The van der Waals surface area contributed by atoms with Crippen molar-refractivity contribution < 1.29 is 0 Å². The van der Waals surface area contributed by atoms with Crippen LogP contribution < -0.4 is 10.2 Å². The smallest absolute Gasteiger partial charge is 0.0397 e. The van der Waals surface area contributed by atoms with Crippen molar-refractivity contribution in [3.05, 3.63) is 29.3 Å². The molecule has 0 amide bonds. The van der Waals surface area contributed by atoms with Gasteiger partial charge in [0.1, 0.15) is 0 Å². The van der Waals surface area contributed by atoms with Crippen LogP contribution in [-0.2, 0) is 13.0 Å². The van der Waals surface area contributed by atoms with Crippen LogP contribution in [0.5, 0.6) is 0 Å². The zero-order valence-corrected chi connectivity index (χ0v) is 9.79. The fourth-order valence-corrected chi connectivity index (χ4v) is 2.12. The number of likely N-dealkylation sites (N-methyl/N-ethyl adjacent to an activating group) is 1. The molecule has 0 spiro atoms. The highest BCUT2D eigenvalue weighted by Gasteiger charge is 2.14. The van der Waals surface area contributed by atoms with Gasteiger partial charge in [-0.1, -0.05) is 12.1 Å². The molecule has 1 aromatic rings. The number of fused-ring (bicyclic) bond motifs is 1. The van der Waals surface area contributed by atoms with Crippen LogP contribution in [-0.4, -0.2) is 20.1 Å². The maximum atomic E-state index is 5.20. The predicted octanol–water partition coefficient (Wildman–Crippen LogP) is 1.79. The molecule has 1 aliphatic heterocycles. The minimum atomic E-state index is 0.799. The molecule has 2 nitrogen and oxygen atoms in total. The van der Waals surface area contributed by atoms with E-state index in [1.807, 2.05) is 0 Å². The first-order chi connectivity index (χ1) is 7.81. The quantitative estimate of drug-likeness (QED) is 0.607. The summed E-state index contributed by atoms with van der Waals surface area (Å²) in [5.74, 6) is 2.63. The summed E-state index contributed by atoms with van der Waals surface area (Å²) in [4.78, 5) is 2.31. The molecule has 1 N–H and O–H groups in total. The Balaban J connectivity index is 1.95. The molecule has 0 radical (unpaired) electrons. The van der Waals surface area contributed by atoms with E-state index in [0.29, 0.717) is 0 Å². The van der Waals surface area contributed by atoms with Gasteiger partial charge in [0.2, 0.25) is 0 Å². The largest absolute Gasteiger partial charge is 0.374 e. The monoisotopic (exact) mass is 214 g/mol. The lowest BCUT2D eigenvalue weighted by atomic mass is 10.1. The van der Waals surface area contributed by atoms with E-state index in [4.69, 9.17) is 6.42 Å². The molecule has 0 saturated carbocycles. The van der Waals surface area contributed by atoms with Crippen molar-refractivity contribution in [2.75, 3.05) is 25.0 Å². The summed E-state index contributed by atoms with van der Waals surface area (Å²) >= 11 is 0. The van der Waals surface area contributed by atoms with Crippen LogP contribution in [0, 0.1) is 12.3 Å². The SMILES string of the molecule is C#CCCNCc1ccc2c(c1)CCN2C. The molecule has 16 heavy (non-hydrogen) atoms. The van der Waals surface area contributed by atoms with E-state index in [-0.39, 0.29) is 0 Å². The molecular weight excluding hydrogens is 196 g/mol. The van der Waals surface area contributed by atoms with E-state index in [9.17, 15) is 0 Å². The summed E-state index contributed by atoms with van der Waals surface area (Å²) in [6.07, 6.45) is 7.17. The number of nitrogens with zero attached hydrogens (tertiary/aromatic N) is 1. The Morgan fingerprint density at radius 3 is 3.19 bits per heavy atom. The second-order valence-electron chi connectivity index (χ2n) is 4.27. The van der Waals surface area contributed by atoms with Gasteiger partial charge in [0.05, 0.1) is 0 Å². The third-order valence-electron chi connectivity index (χ3n) is 3.05. The van der Waals surface area contributed by atoms with Gasteiger partial charge in [-0.25, -0.2) is 0 Å². The number of benzene rings is 1. The van der Waals surface area contributed by atoms with Gasteiger partial charge in [0.25, 0.3) is 0 Å². The molecule has 2 rings (SSSR count). The Bertz CT molecular complexity index is 404. The molecule has 2 heteroatoms. The zero-order valence-electron chi connectivity index (χ0n) is 9.79. The second-order valence-corrected chi connectivity index (χ2v) is 4.27. The average molecular weight is 214 g/mol. The molecule has 0 saturated heterocycles. The van der Waals surface area contributed by atoms with E-state index in [1.54, 1.807) is 0 Å². The van der Waals surface area contributed by atoms with Gasteiger partial charge < -0.3 is 10.2 Å². The van der Waals surface area contributed by atoms with Gasteiger partial charge in [0, 0.05) is 38.8 Å². The van der Waals surface area contributed by atoms with Gasteiger partial charge in [-0.2, -0.15) is 0 Å². The first kappa shape index (κ1) is 11.0. The van der Waals surface area contributed by atoms with E-state index in [1.165, 1.54) is 23.2 Å². The van der Waals surface area contributed by atoms with Gasteiger partial charge >= 0.3 is 0 Å². The molecule has 0 atom stereocenters.